The number of hydrogen-bond acceptors (Lipinski definition) is 3. The quantitative estimate of drug-likeness (QED) is 0.862. The third-order valence-corrected chi connectivity index (χ3v) is 3.53. The molecule has 1 unspecified atom stereocenters. The zero-order chi connectivity index (χ0) is 14.4. The lowest BCUT2D eigenvalue weighted by molar-refractivity contribution is -0.117. The second kappa shape index (κ2) is 7.36. The fourth-order valence-electron chi connectivity index (χ4n) is 2.58. The average molecular weight is 279 g/mol. The molecule has 1 atom stereocenters. The Balaban J connectivity index is 1.77. The molecule has 0 aliphatic carbocycles. The Morgan fingerprint density at radius 3 is 3.00 bits per heavy atom. The molecule has 0 spiro atoms. The van der Waals surface area contributed by atoms with Crippen LogP contribution in [0.4, 0.5) is 10.1 Å². The standard InChI is InChI=1S/C15H22FN3O/c1-19(10-12-5-4-8-17-9-12)11-15(20)18-14-7-3-2-6-13(14)16/h2-3,6-7,12,17H,4-5,8-11H2,1H3,(H,18,20). The topological polar surface area (TPSA) is 44.4 Å². The SMILES string of the molecule is CN(CC(=O)Nc1ccccc1F)CC1CCCNC1. The molecule has 1 aromatic carbocycles. The van der Waals surface area contributed by atoms with Gasteiger partial charge < -0.3 is 10.6 Å². The molecule has 110 valence electrons. The van der Waals surface area contributed by atoms with Crippen LogP contribution in [0.15, 0.2) is 24.3 Å². The van der Waals surface area contributed by atoms with Gasteiger partial charge in [-0.1, -0.05) is 12.1 Å². The van der Waals surface area contributed by atoms with Crippen LogP contribution >= 0.6 is 0 Å². The molecular weight excluding hydrogens is 257 g/mol. The highest BCUT2D eigenvalue weighted by atomic mass is 19.1. The summed E-state index contributed by atoms with van der Waals surface area (Å²) in [5, 5.41) is 5.97. The van der Waals surface area contributed by atoms with Gasteiger partial charge in [-0.25, -0.2) is 4.39 Å². The Morgan fingerprint density at radius 1 is 1.50 bits per heavy atom. The molecule has 0 aromatic heterocycles. The van der Waals surface area contributed by atoms with Crippen molar-refractivity contribution < 1.29 is 9.18 Å². The minimum Gasteiger partial charge on any atom is -0.322 e. The number of amides is 1. The molecule has 1 aromatic rings. The van der Waals surface area contributed by atoms with Crippen molar-refractivity contribution in [1.82, 2.24) is 10.2 Å². The van der Waals surface area contributed by atoms with Crippen molar-refractivity contribution in [3.8, 4) is 0 Å². The summed E-state index contributed by atoms with van der Waals surface area (Å²) >= 11 is 0. The number of hydrogen-bond donors (Lipinski definition) is 2. The van der Waals surface area contributed by atoms with E-state index in [0.717, 1.165) is 19.6 Å². The van der Waals surface area contributed by atoms with E-state index in [1.54, 1.807) is 18.2 Å². The molecule has 1 amide bonds. The van der Waals surface area contributed by atoms with Crippen molar-refractivity contribution >= 4 is 11.6 Å². The molecule has 1 saturated heterocycles. The average Bonchev–Trinajstić information content (AvgIpc) is 2.42. The third-order valence-electron chi connectivity index (χ3n) is 3.53. The van der Waals surface area contributed by atoms with Gasteiger partial charge in [0, 0.05) is 6.54 Å². The van der Waals surface area contributed by atoms with E-state index < -0.39 is 5.82 Å². The highest BCUT2D eigenvalue weighted by Gasteiger charge is 2.16. The zero-order valence-corrected chi connectivity index (χ0v) is 11.9. The van der Waals surface area contributed by atoms with Crippen LogP contribution in [0.3, 0.4) is 0 Å². The first kappa shape index (κ1) is 14.9. The number of piperidine rings is 1. The van der Waals surface area contributed by atoms with E-state index in [9.17, 15) is 9.18 Å². The summed E-state index contributed by atoms with van der Waals surface area (Å²) in [6.45, 7) is 3.27. The molecule has 2 N–H and O–H groups in total. The van der Waals surface area contributed by atoms with Gasteiger partial charge in [0.15, 0.2) is 0 Å². The maximum Gasteiger partial charge on any atom is 0.238 e. The van der Waals surface area contributed by atoms with Gasteiger partial charge in [0.1, 0.15) is 5.82 Å². The number of likely N-dealkylation sites (N-methyl/N-ethyl adjacent to an activating group) is 1. The number of halogens is 1. The molecule has 20 heavy (non-hydrogen) atoms. The fraction of sp³-hybridized carbons (Fsp3) is 0.533. The number of anilines is 1. The zero-order valence-electron chi connectivity index (χ0n) is 11.9. The maximum absolute atomic E-state index is 13.4. The smallest absolute Gasteiger partial charge is 0.238 e. The van der Waals surface area contributed by atoms with Crippen LogP contribution in [-0.4, -0.2) is 44.0 Å². The molecule has 4 nitrogen and oxygen atoms in total. The summed E-state index contributed by atoms with van der Waals surface area (Å²) in [6.07, 6.45) is 2.40. The molecule has 0 radical (unpaired) electrons. The van der Waals surface area contributed by atoms with E-state index in [0.29, 0.717) is 5.92 Å². The molecule has 1 aliphatic rings. The summed E-state index contributed by atoms with van der Waals surface area (Å²) in [6, 6.07) is 6.22. The minimum absolute atomic E-state index is 0.179. The van der Waals surface area contributed by atoms with Crippen LogP contribution < -0.4 is 10.6 Å². The third kappa shape index (κ3) is 4.58. The lowest BCUT2D eigenvalue weighted by Gasteiger charge is -2.27. The van der Waals surface area contributed by atoms with Gasteiger partial charge in [-0.2, -0.15) is 0 Å². The number of carbonyl (C=O) groups excluding carboxylic acids is 1. The van der Waals surface area contributed by atoms with Gasteiger partial charge in [0.05, 0.1) is 12.2 Å². The van der Waals surface area contributed by atoms with Gasteiger partial charge in [-0.3, -0.25) is 9.69 Å². The van der Waals surface area contributed by atoms with Crippen molar-refractivity contribution in [2.75, 3.05) is 38.5 Å². The van der Waals surface area contributed by atoms with Crippen LogP contribution in [0.2, 0.25) is 0 Å². The lowest BCUT2D eigenvalue weighted by Crippen LogP contribution is -2.39. The Labute approximate surface area is 119 Å². The van der Waals surface area contributed by atoms with Crippen molar-refractivity contribution in [1.29, 1.82) is 0 Å². The predicted octanol–water partition coefficient (Wildman–Crippen LogP) is 1.70. The van der Waals surface area contributed by atoms with Gasteiger partial charge in [-0.05, 0) is 51.0 Å². The van der Waals surface area contributed by atoms with Crippen molar-refractivity contribution in [3.05, 3.63) is 30.1 Å². The Hall–Kier alpha value is -1.46. The van der Waals surface area contributed by atoms with Gasteiger partial charge >= 0.3 is 0 Å². The summed E-state index contributed by atoms with van der Waals surface area (Å²) in [5.74, 6) is 0.0105. The second-order valence-electron chi connectivity index (χ2n) is 5.44. The van der Waals surface area contributed by atoms with Gasteiger partial charge in [0.25, 0.3) is 0 Å². The van der Waals surface area contributed by atoms with E-state index >= 15 is 0 Å². The first-order valence-corrected chi connectivity index (χ1v) is 7.09. The van der Waals surface area contributed by atoms with Crippen LogP contribution in [-0.2, 0) is 4.79 Å². The molecule has 0 saturated carbocycles. The highest BCUT2D eigenvalue weighted by Crippen LogP contribution is 2.13. The summed E-state index contributed by atoms with van der Waals surface area (Å²) in [5.41, 5.74) is 0.241. The lowest BCUT2D eigenvalue weighted by atomic mass is 9.99. The number of carbonyl (C=O) groups is 1. The van der Waals surface area contributed by atoms with E-state index in [-0.39, 0.29) is 18.1 Å². The van der Waals surface area contributed by atoms with Crippen LogP contribution in [0.1, 0.15) is 12.8 Å². The van der Waals surface area contributed by atoms with E-state index in [1.807, 2.05) is 11.9 Å². The van der Waals surface area contributed by atoms with Crippen molar-refractivity contribution in [2.45, 2.75) is 12.8 Å². The fourth-order valence-corrected chi connectivity index (χ4v) is 2.58. The summed E-state index contributed by atoms with van der Waals surface area (Å²) in [7, 11) is 1.93. The van der Waals surface area contributed by atoms with Gasteiger partial charge in [0.2, 0.25) is 5.91 Å². The van der Waals surface area contributed by atoms with Crippen LogP contribution in [0.25, 0.3) is 0 Å². The minimum atomic E-state index is -0.403. The Bertz CT molecular complexity index is 446. The molecule has 1 fully saturated rings. The second-order valence-corrected chi connectivity index (χ2v) is 5.44. The van der Waals surface area contributed by atoms with Crippen LogP contribution in [0, 0.1) is 11.7 Å². The number of nitrogens with zero attached hydrogens (tertiary/aromatic N) is 1. The van der Waals surface area contributed by atoms with Crippen LogP contribution in [0.5, 0.6) is 0 Å². The molecule has 0 bridgehead atoms. The first-order valence-electron chi connectivity index (χ1n) is 7.09. The first-order chi connectivity index (χ1) is 9.65. The Morgan fingerprint density at radius 2 is 2.30 bits per heavy atom. The number of para-hydroxylation sites is 1. The monoisotopic (exact) mass is 279 g/mol. The Kier molecular flexibility index (Phi) is 5.49. The van der Waals surface area contributed by atoms with E-state index in [4.69, 9.17) is 0 Å². The largest absolute Gasteiger partial charge is 0.322 e. The maximum atomic E-state index is 13.4. The van der Waals surface area contributed by atoms with Crippen molar-refractivity contribution in [3.63, 3.8) is 0 Å². The highest BCUT2D eigenvalue weighted by molar-refractivity contribution is 5.92. The molecule has 2 rings (SSSR count). The number of benzene rings is 1. The van der Waals surface area contributed by atoms with Gasteiger partial charge in [-0.15, -0.1) is 0 Å². The normalized spacial score (nSPS) is 19.1. The molecule has 1 heterocycles. The van der Waals surface area contributed by atoms with Crippen molar-refractivity contribution in [2.24, 2.45) is 5.92 Å². The molecular formula is C15H22FN3O. The molecule has 5 heteroatoms. The molecule has 1 aliphatic heterocycles. The predicted molar refractivity (Wildman–Crippen MR) is 78.1 cm³/mol. The number of rotatable bonds is 5. The summed E-state index contributed by atoms with van der Waals surface area (Å²) < 4.78 is 13.4. The van der Waals surface area contributed by atoms with E-state index in [1.165, 1.54) is 18.9 Å². The summed E-state index contributed by atoms with van der Waals surface area (Å²) in [4.78, 5) is 13.9. The van der Waals surface area contributed by atoms with E-state index in [2.05, 4.69) is 10.6 Å². The number of nitrogens with one attached hydrogen (secondary N) is 2.